The molecule has 2 N–H and O–H groups in total. The van der Waals surface area contributed by atoms with Crippen LogP contribution in [0.25, 0.3) is 0 Å². The lowest BCUT2D eigenvalue weighted by Crippen LogP contribution is -2.48. The number of thioether (sulfide) groups is 1. The van der Waals surface area contributed by atoms with Gasteiger partial charge in [-0.05, 0) is 49.6 Å². The van der Waals surface area contributed by atoms with Crippen LogP contribution >= 0.6 is 11.8 Å². The molecule has 4 nitrogen and oxygen atoms in total. The maximum absolute atomic E-state index is 12.5. The van der Waals surface area contributed by atoms with E-state index in [4.69, 9.17) is 0 Å². The molecule has 0 radical (unpaired) electrons. The second kappa shape index (κ2) is 8.45. The lowest BCUT2D eigenvalue weighted by atomic mass is 9.77. The molecule has 0 spiro atoms. The molecule has 1 aliphatic carbocycles. The Morgan fingerprint density at radius 3 is 2.68 bits per heavy atom. The molecule has 1 aromatic carbocycles. The van der Waals surface area contributed by atoms with E-state index in [-0.39, 0.29) is 6.03 Å². The number of benzene rings is 1. The maximum Gasteiger partial charge on any atom is 0.321 e. The highest BCUT2D eigenvalue weighted by molar-refractivity contribution is 7.98. The third-order valence-corrected chi connectivity index (χ3v) is 6.42. The number of amides is 2. The van der Waals surface area contributed by atoms with Gasteiger partial charge in [-0.3, -0.25) is 0 Å². The summed E-state index contributed by atoms with van der Waals surface area (Å²) < 4.78 is 0. The van der Waals surface area contributed by atoms with Crippen LogP contribution < -0.4 is 5.32 Å². The molecule has 1 aromatic rings. The summed E-state index contributed by atoms with van der Waals surface area (Å²) in [6.07, 6.45) is 10.8. The van der Waals surface area contributed by atoms with Crippen LogP contribution in [0.3, 0.4) is 0 Å². The first-order valence-corrected chi connectivity index (χ1v) is 10.7. The van der Waals surface area contributed by atoms with Crippen LogP contribution in [-0.2, 0) is 0 Å². The van der Waals surface area contributed by atoms with E-state index in [0.29, 0.717) is 31.8 Å². The van der Waals surface area contributed by atoms with Crippen LogP contribution in [0.5, 0.6) is 0 Å². The van der Waals surface area contributed by atoms with Gasteiger partial charge in [0.15, 0.2) is 0 Å². The number of nitrogens with zero attached hydrogens (tertiary/aromatic N) is 1. The summed E-state index contributed by atoms with van der Waals surface area (Å²) in [6, 6.07) is 7.85. The molecule has 0 atom stereocenters. The number of anilines is 1. The highest BCUT2D eigenvalue weighted by Gasteiger charge is 2.36. The summed E-state index contributed by atoms with van der Waals surface area (Å²) >= 11 is 1.66. The fraction of sp³-hybridized carbons (Fsp3) is 0.650. The largest absolute Gasteiger partial charge is 0.390 e. The number of likely N-dealkylation sites (tertiary alicyclic amines) is 1. The number of urea groups is 1. The van der Waals surface area contributed by atoms with E-state index in [1.165, 1.54) is 32.1 Å². The third-order valence-electron chi connectivity index (χ3n) is 5.70. The van der Waals surface area contributed by atoms with Gasteiger partial charge in [-0.15, -0.1) is 11.8 Å². The van der Waals surface area contributed by atoms with Gasteiger partial charge in [0.05, 0.1) is 5.60 Å². The SMILES string of the molecule is CSc1cccc(NC(=O)N2CCC(O)(CC3CCCCC3)CC2)c1. The minimum atomic E-state index is -0.572. The van der Waals surface area contributed by atoms with E-state index in [2.05, 4.69) is 5.32 Å². The first-order chi connectivity index (χ1) is 12.1. The van der Waals surface area contributed by atoms with E-state index in [1.54, 1.807) is 11.8 Å². The van der Waals surface area contributed by atoms with Gasteiger partial charge in [-0.25, -0.2) is 4.79 Å². The van der Waals surface area contributed by atoms with Crippen molar-refractivity contribution in [3.63, 3.8) is 0 Å². The average molecular weight is 363 g/mol. The molecule has 25 heavy (non-hydrogen) atoms. The van der Waals surface area contributed by atoms with Gasteiger partial charge in [-0.1, -0.05) is 38.2 Å². The number of aliphatic hydroxyl groups is 1. The Morgan fingerprint density at radius 1 is 1.28 bits per heavy atom. The first-order valence-electron chi connectivity index (χ1n) is 9.50. The second-order valence-electron chi connectivity index (χ2n) is 7.58. The van der Waals surface area contributed by atoms with E-state index in [0.717, 1.165) is 17.0 Å². The van der Waals surface area contributed by atoms with Gasteiger partial charge < -0.3 is 15.3 Å². The van der Waals surface area contributed by atoms with Gasteiger partial charge >= 0.3 is 6.03 Å². The van der Waals surface area contributed by atoms with Crippen LogP contribution in [0.4, 0.5) is 10.5 Å². The number of piperidine rings is 1. The fourth-order valence-electron chi connectivity index (χ4n) is 4.16. The lowest BCUT2D eigenvalue weighted by Gasteiger charge is -2.40. The van der Waals surface area contributed by atoms with Crippen molar-refractivity contribution in [2.24, 2.45) is 5.92 Å². The lowest BCUT2D eigenvalue weighted by molar-refractivity contribution is -0.0337. The minimum absolute atomic E-state index is 0.0574. The van der Waals surface area contributed by atoms with Crippen molar-refractivity contribution in [3.8, 4) is 0 Å². The number of hydrogen-bond acceptors (Lipinski definition) is 3. The number of hydrogen-bond donors (Lipinski definition) is 2. The number of nitrogens with one attached hydrogen (secondary N) is 1. The number of carbonyl (C=O) groups is 1. The summed E-state index contributed by atoms with van der Waals surface area (Å²) in [5.74, 6) is 0.674. The maximum atomic E-state index is 12.5. The van der Waals surface area contributed by atoms with Crippen molar-refractivity contribution < 1.29 is 9.90 Å². The van der Waals surface area contributed by atoms with Crippen molar-refractivity contribution in [2.75, 3.05) is 24.7 Å². The molecule has 0 unspecified atom stereocenters. The molecule has 2 amide bonds. The Balaban J connectivity index is 1.49. The molecule has 1 saturated carbocycles. The zero-order valence-corrected chi connectivity index (χ0v) is 16.0. The van der Waals surface area contributed by atoms with Crippen LogP contribution in [0.2, 0.25) is 0 Å². The average Bonchev–Trinajstić information content (AvgIpc) is 2.63. The van der Waals surface area contributed by atoms with Crippen LogP contribution in [0.15, 0.2) is 29.2 Å². The quantitative estimate of drug-likeness (QED) is 0.761. The zero-order chi connectivity index (χ0) is 17.7. The fourth-order valence-corrected chi connectivity index (χ4v) is 4.62. The molecular weight excluding hydrogens is 332 g/mol. The summed E-state index contributed by atoms with van der Waals surface area (Å²) in [7, 11) is 0. The molecule has 3 rings (SSSR count). The van der Waals surface area contributed by atoms with Crippen LogP contribution in [0.1, 0.15) is 51.4 Å². The normalized spacial score (nSPS) is 21.1. The monoisotopic (exact) mass is 362 g/mol. The van der Waals surface area contributed by atoms with Crippen LogP contribution in [0, 0.1) is 5.92 Å². The predicted octanol–water partition coefficient (Wildman–Crippen LogP) is 4.74. The molecule has 1 saturated heterocycles. The summed E-state index contributed by atoms with van der Waals surface area (Å²) in [6.45, 7) is 1.27. The molecule has 1 aliphatic heterocycles. The van der Waals surface area contributed by atoms with Crippen molar-refractivity contribution in [2.45, 2.75) is 61.9 Å². The van der Waals surface area contributed by atoms with Crippen molar-refractivity contribution >= 4 is 23.5 Å². The first kappa shape index (κ1) is 18.6. The molecule has 138 valence electrons. The molecule has 1 heterocycles. The Morgan fingerprint density at radius 2 is 2.00 bits per heavy atom. The van der Waals surface area contributed by atoms with E-state index < -0.39 is 5.60 Å². The molecule has 2 fully saturated rings. The Kier molecular flexibility index (Phi) is 6.29. The molecule has 0 aromatic heterocycles. The highest BCUT2D eigenvalue weighted by Crippen LogP contribution is 2.35. The highest BCUT2D eigenvalue weighted by atomic mass is 32.2. The van der Waals surface area contributed by atoms with Gasteiger partial charge in [-0.2, -0.15) is 0 Å². The van der Waals surface area contributed by atoms with Gasteiger partial charge in [0.2, 0.25) is 0 Å². The summed E-state index contributed by atoms with van der Waals surface area (Å²) in [4.78, 5) is 15.5. The summed E-state index contributed by atoms with van der Waals surface area (Å²) in [5.41, 5.74) is 0.261. The van der Waals surface area contributed by atoms with Crippen molar-refractivity contribution in [1.29, 1.82) is 0 Å². The van der Waals surface area contributed by atoms with Crippen molar-refractivity contribution in [1.82, 2.24) is 4.90 Å². The second-order valence-corrected chi connectivity index (χ2v) is 8.46. The van der Waals surface area contributed by atoms with Crippen molar-refractivity contribution in [3.05, 3.63) is 24.3 Å². The van der Waals surface area contributed by atoms with Crippen LogP contribution in [-0.4, -0.2) is 41.0 Å². The summed E-state index contributed by atoms with van der Waals surface area (Å²) in [5, 5.41) is 13.9. The minimum Gasteiger partial charge on any atom is -0.390 e. The molecule has 0 bridgehead atoms. The van der Waals surface area contributed by atoms with Gasteiger partial charge in [0.25, 0.3) is 0 Å². The number of carbonyl (C=O) groups excluding carboxylic acids is 1. The smallest absolute Gasteiger partial charge is 0.321 e. The van der Waals surface area contributed by atoms with E-state index >= 15 is 0 Å². The van der Waals surface area contributed by atoms with E-state index in [9.17, 15) is 9.90 Å². The molecule has 5 heteroatoms. The Bertz CT molecular complexity index is 579. The van der Waals surface area contributed by atoms with Gasteiger partial charge in [0, 0.05) is 23.7 Å². The Hall–Kier alpha value is -1.20. The standard InChI is InChI=1S/C20H30N2O2S/c1-25-18-9-5-8-17(14-18)21-19(23)22-12-10-20(24,11-13-22)15-16-6-3-2-4-7-16/h5,8-9,14,16,24H,2-4,6-7,10-13,15H2,1H3,(H,21,23). The Labute approximate surface area is 155 Å². The van der Waals surface area contributed by atoms with Gasteiger partial charge in [0.1, 0.15) is 0 Å². The third kappa shape index (κ3) is 5.14. The topological polar surface area (TPSA) is 52.6 Å². The van der Waals surface area contributed by atoms with E-state index in [1.807, 2.05) is 35.4 Å². The molecule has 2 aliphatic rings. The number of rotatable bonds is 4. The predicted molar refractivity (Wildman–Crippen MR) is 104 cm³/mol. The zero-order valence-electron chi connectivity index (χ0n) is 15.2. The molecular formula is C20H30N2O2S.